The van der Waals surface area contributed by atoms with E-state index in [4.69, 9.17) is 11.1 Å². The first-order chi connectivity index (χ1) is 37.6. The van der Waals surface area contributed by atoms with E-state index in [9.17, 15) is 43.9 Å². The zero-order valence-electron chi connectivity index (χ0n) is 40.9. The van der Waals surface area contributed by atoms with Gasteiger partial charge in [0.15, 0.2) is 52.4 Å². The van der Waals surface area contributed by atoms with E-state index < -0.39 is 81.0 Å². The normalized spacial score (nSPS) is 14.8. The third-order valence-electron chi connectivity index (χ3n) is 14.1. The molecule has 8 aromatic carbocycles. The number of para-hydroxylation sites is 2. The smallest absolute Gasteiger partial charge is 0.200 e. The monoisotopic (exact) mass is 1060 g/mol. The fraction of sp³-hybridized carbons (Fsp3) is 0.0645. The van der Waals surface area contributed by atoms with Gasteiger partial charge in [0.25, 0.3) is 0 Å². The van der Waals surface area contributed by atoms with Gasteiger partial charge in [0.2, 0.25) is 11.6 Å². The highest BCUT2D eigenvalue weighted by atomic mass is 19.2. The zero-order valence-corrected chi connectivity index (χ0v) is 40.9. The number of amidine groups is 2. The van der Waals surface area contributed by atoms with Crippen LogP contribution in [0.25, 0.3) is 49.8 Å². The van der Waals surface area contributed by atoms with Crippen LogP contribution in [0.2, 0.25) is 0 Å². The van der Waals surface area contributed by atoms with Gasteiger partial charge in [-0.2, -0.15) is 0 Å². The number of fused-ring (bicyclic) bond motifs is 6. The van der Waals surface area contributed by atoms with Crippen molar-refractivity contribution < 1.29 is 43.9 Å². The first-order valence-electron chi connectivity index (χ1n) is 24.3. The number of hydrogen-bond donors (Lipinski definition) is 3. The number of likely N-dealkylation sites (N-methyl/N-ethyl adjacent to an activating group) is 1. The molecule has 0 spiro atoms. The van der Waals surface area contributed by atoms with Crippen molar-refractivity contribution in [2.24, 2.45) is 10.7 Å². The Bertz CT molecular complexity index is 4070. The van der Waals surface area contributed by atoms with Gasteiger partial charge >= 0.3 is 0 Å². The van der Waals surface area contributed by atoms with E-state index in [2.05, 4.69) is 197 Å². The molecule has 2 aliphatic carbocycles. The number of rotatable bonds is 8. The predicted octanol–water partition coefficient (Wildman–Crippen LogP) is 15.9. The van der Waals surface area contributed by atoms with Crippen molar-refractivity contribution in [1.29, 1.82) is 5.41 Å². The first-order valence-corrected chi connectivity index (χ1v) is 24.3. The van der Waals surface area contributed by atoms with E-state index >= 15 is 0 Å². The number of hydrogen-bond acceptors (Lipinski definition) is 3. The van der Waals surface area contributed by atoms with Crippen LogP contribution in [0.4, 0.5) is 55.3 Å². The molecule has 0 bridgehead atoms. The Morgan fingerprint density at radius 2 is 1.13 bits per heavy atom. The molecule has 9 aromatic rings. The Labute approximate surface area is 439 Å². The minimum Gasteiger partial charge on any atom is -0.383 e. The molecule has 0 fully saturated rings. The molecule has 2 heterocycles. The number of nitrogens with two attached hydrogens (primary N) is 1. The predicted molar refractivity (Wildman–Crippen MR) is 285 cm³/mol. The molecule has 1 aromatic heterocycles. The van der Waals surface area contributed by atoms with Crippen LogP contribution in [0.15, 0.2) is 186 Å². The van der Waals surface area contributed by atoms with Crippen molar-refractivity contribution in [2.75, 3.05) is 17.3 Å². The highest BCUT2D eigenvalue weighted by molar-refractivity contribution is 6.11. The van der Waals surface area contributed by atoms with Crippen LogP contribution in [-0.2, 0) is 0 Å². The van der Waals surface area contributed by atoms with Crippen LogP contribution >= 0.6 is 0 Å². The molecular weight excluding hydrogens is 1020 g/mol. The molecular formula is C62H40F10N6. The highest BCUT2D eigenvalue weighted by Gasteiger charge is 2.35. The fourth-order valence-electron chi connectivity index (χ4n) is 10.3. The Balaban J connectivity index is 0.000000203. The Morgan fingerprint density at radius 3 is 1.81 bits per heavy atom. The Hall–Kier alpha value is -9.44. The lowest BCUT2D eigenvalue weighted by Gasteiger charge is -2.23. The number of aliphatic imine (C=N–C) groups is 1. The van der Waals surface area contributed by atoms with E-state index in [0.717, 1.165) is 24.2 Å². The lowest BCUT2D eigenvalue weighted by Crippen LogP contribution is -2.23. The van der Waals surface area contributed by atoms with Crippen LogP contribution in [-0.4, -0.2) is 23.3 Å². The number of halogens is 10. The van der Waals surface area contributed by atoms with Crippen molar-refractivity contribution in [3.8, 4) is 16.8 Å². The van der Waals surface area contributed by atoms with Gasteiger partial charge in [-0.25, -0.2) is 48.9 Å². The molecule has 12 rings (SSSR count). The number of nitrogens with zero attached hydrogens (tertiary/aromatic N) is 3. The summed E-state index contributed by atoms with van der Waals surface area (Å²) in [6.07, 6.45) is 11.2. The van der Waals surface area contributed by atoms with Crippen molar-refractivity contribution in [3.05, 3.63) is 267 Å². The average molecular weight is 1060 g/mol. The summed E-state index contributed by atoms with van der Waals surface area (Å²) in [5, 5.41) is 13.6. The molecule has 4 N–H and O–H groups in total. The second-order valence-corrected chi connectivity index (χ2v) is 18.6. The van der Waals surface area contributed by atoms with Gasteiger partial charge in [0, 0.05) is 57.8 Å². The third-order valence-corrected chi connectivity index (χ3v) is 14.1. The van der Waals surface area contributed by atoms with Crippen molar-refractivity contribution in [1.82, 2.24) is 4.57 Å². The molecule has 78 heavy (non-hydrogen) atoms. The maximum absolute atomic E-state index is 13.6. The first kappa shape index (κ1) is 50.7. The van der Waals surface area contributed by atoms with Gasteiger partial charge in [-0.05, 0) is 82.6 Å². The maximum Gasteiger partial charge on any atom is 0.200 e. The van der Waals surface area contributed by atoms with Gasteiger partial charge in [0.05, 0.1) is 22.2 Å². The maximum atomic E-state index is 13.6. The summed E-state index contributed by atoms with van der Waals surface area (Å²) in [7, 11) is 2.23. The van der Waals surface area contributed by atoms with E-state index in [0.29, 0.717) is 5.92 Å². The topological polar surface area (TPSA) is 82.4 Å². The number of nitrogens with one attached hydrogen (secondary N) is 2. The standard InChI is InChI=1S/C48H37N3.C14H3F10N3/c1-50-46-30-37(49-44-18-10-8-16-39(44)36-21-20-34(28-36)32-12-4-2-5-13-32)23-26-41(46)42-27-24-38(31-47(42)50)51-45-19-11-9-17-40(45)43-25-22-35(29-48(43)51)33-14-6-3-7-15-33;15-3-1(4(16)8(20)11(23)7(3)19)13(25)27-14(26)2-5(17)9(21)12(24)10(22)6(2)18/h2-25,27,29-31,41,49H,26,28H2,1H3;(H3,25,26,27). The average Bonchev–Trinajstić information content (AvgIpc) is 4.29. The summed E-state index contributed by atoms with van der Waals surface area (Å²) >= 11 is 0. The van der Waals surface area contributed by atoms with E-state index in [1.165, 1.54) is 77.8 Å². The van der Waals surface area contributed by atoms with Crippen LogP contribution < -0.4 is 16.0 Å². The molecule has 0 radical (unpaired) electrons. The summed E-state index contributed by atoms with van der Waals surface area (Å²) in [6, 6.07) is 52.9. The number of anilines is 2. The van der Waals surface area contributed by atoms with Gasteiger partial charge in [-0.1, -0.05) is 133 Å². The Kier molecular flexibility index (Phi) is 13.2. The van der Waals surface area contributed by atoms with E-state index in [1.54, 1.807) is 0 Å². The minimum absolute atomic E-state index is 0.345. The van der Waals surface area contributed by atoms with Gasteiger partial charge in [-0.3, -0.25) is 5.41 Å². The van der Waals surface area contributed by atoms with Gasteiger partial charge < -0.3 is 20.5 Å². The molecule has 1 atom stereocenters. The van der Waals surface area contributed by atoms with Crippen molar-refractivity contribution >= 4 is 56.0 Å². The SMILES string of the molecule is CN1C2=CC(Nc3ccccc3C3=CC=C(c4ccccc4)C3)=CCC2c2ccc(-n3c4ccccc4c4ccc(-c5ccccc5)cc43)cc21.N=C(N=C(N)c1c(F)c(F)c(F)c(F)c1F)c1c(F)c(F)c(F)c(F)c1F. The van der Waals surface area contributed by atoms with Crippen LogP contribution in [0.1, 0.15) is 46.6 Å². The highest BCUT2D eigenvalue weighted by Crippen LogP contribution is 2.49. The quantitative estimate of drug-likeness (QED) is 0.0466. The van der Waals surface area contributed by atoms with Gasteiger partial charge in [-0.15, -0.1) is 0 Å². The molecule has 388 valence electrons. The second kappa shape index (κ2) is 20.3. The molecule has 3 aliphatic rings. The molecule has 1 unspecified atom stereocenters. The Morgan fingerprint density at radius 1 is 0.564 bits per heavy atom. The molecule has 0 amide bonds. The zero-order chi connectivity index (χ0) is 54.7. The second-order valence-electron chi connectivity index (χ2n) is 18.6. The largest absolute Gasteiger partial charge is 0.383 e. The number of aromatic nitrogens is 1. The lowest BCUT2D eigenvalue weighted by molar-refractivity contribution is 0.376. The lowest BCUT2D eigenvalue weighted by atomic mass is 9.91. The summed E-state index contributed by atoms with van der Waals surface area (Å²) in [6.45, 7) is 0. The summed E-state index contributed by atoms with van der Waals surface area (Å²) in [5.41, 5.74) is 18.9. The van der Waals surface area contributed by atoms with Crippen molar-refractivity contribution in [2.45, 2.75) is 18.8 Å². The fourth-order valence-corrected chi connectivity index (χ4v) is 10.3. The van der Waals surface area contributed by atoms with Crippen molar-refractivity contribution in [3.63, 3.8) is 0 Å². The molecule has 16 heteroatoms. The summed E-state index contributed by atoms with van der Waals surface area (Å²) < 4.78 is 135. The number of allylic oxidation sites excluding steroid dienone is 7. The van der Waals surface area contributed by atoms with Gasteiger partial charge in [0.1, 0.15) is 5.84 Å². The molecule has 6 nitrogen and oxygen atoms in total. The van der Waals surface area contributed by atoms with Crippen LogP contribution in [0.5, 0.6) is 0 Å². The minimum atomic E-state index is -2.56. The molecule has 0 saturated carbocycles. The van der Waals surface area contributed by atoms with Crippen LogP contribution in [0.3, 0.4) is 0 Å². The number of benzene rings is 8. The summed E-state index contributed by atoms with van der Waals surface area (Å²) in [4.78, 5) is 5.10. The molecule has 0 saturated heterocycles. The summed E-state index contributed by atoms with van der Waals surface area (Å²) in [5.74, 6) is -28.0. The van der Waals surface area contributed by atoms with E-state index in [-0.39, 0.29) is 0 Å². The third kappa shape index (κ3) is 8.78. The van der Waals surface area contributed by atoms with Crippen LogP contribution in [0, 0.1) is 63.6 Å². The molecule has 1 aliphatic heterocycles. The van der Waals surface area contributed by atoms with E-state index in [1.807, 2.05) is 0 Å².